The van der Waals surface area contributed by atoms with Crippen molar-refractivity contribution in [2.24, 2.45) is 0 Å². The van der Waals surface area contributed by atoms with Crippen LogP contribution in [0, 0.1) is 0 Å². The topological polar surface area (TPSA) is 43.4 Å². The molecule has 1 rings (SSSR count). The fraction of sp³-hybridized carbons (Fsp3) is 0.733. The van der Waals surface area contributed by atoms with E-state index in [0.29, 0.717) is 12.2 Å². The van der Waals surface area contributed by atoms with Gasteiger partial charge in [-0.2, -0.15) is 0 Å². The van der Waals surface area contributed by atoms with Crippen LogP contribution in [-0.4, -0.2) is 17.9 Å². The van der Waals surface area contributed by atoms with Gasteiger partial charge in [-0.3, -0.25) is 9.59 Å². The summed E-state index contributed by atoms with van der Waals surface area (Å²) in [6.07, 6.45) is 7.27. The van der Waals surface area contributed by atoms with Gasteiger partial charge in [0.05, 0.1) is 6.10 Å². The lowest BCUT2D eigenvalue weighted by Crippen LogP contribution is -2.10. The summed E-state index contributed by atoms with van der Waals surface area (Å²) >= 11 is 0. The number of hydrogen-bond acceptors (Lipinski definition) is 3. The number of carbonyl (C=O) groups excluding carboxylic acids is 2. The van der Waals surface area contributed by atoms with Gasteiger partial charge >= 0.3 is 5.97 Å². The first-order valence-electron chi connectivity index (χ1n) is 6.92. The minimum atomic E-state index is -0.0724. The molecule has 1 aliphatic rings. The van der Waals surface area contributed by atoms with E-state index in [0.717, 1.165) is 37.7 Å². The molecule has 0 amide bonds. The Hall–Kier alpha value is -1.12. The van der Waals surface area contributed by atoms with Crippen molar-refractivity contribution in [3.8, 4) is 0 Å². The lowest BCUT2D eigenvalue weighted by atomic mass is 10.2. The summed E-state index contributed by atoms with van der Waals surface area (Å²) in [4.78, 5) is 21.5. The summed E-state index contributed by atoms with van der Waals surface area (Å²) in [6.45, 7) is 7.81. The third-order valence-corrected chi connectivity index (χ3v) is 2.60. The van der Waals surface area contributed by atoms with Crippen LogP contribution in [0.2, 0.25) is 0 Å². The highest BCUT2D eigenvalue weighted by Crippen LogP contribution is 2.15. The lowest BCUT2D eigenvalue weighted by molar-refractivity contribution is -0.147. The first-order chi connectivity index (χ1) is 8.51. The number of rotatable bonds is 5. The highest BCUT2D eigenvalue weighted by molar-refractivity contribution is 5.97. The lowest BCUT2D eigenvalue weighted by Gasteiger charge is -2.06. The van der Waals surface area contributed by atoms with Gasteiger partial charge < -0.3 is 4.74 Å². The zero-order valence-corrected chi connectivity index (χ0v) is 12.1. The number of carbonyl (C=O) groups is 2. The summed E-state index contributed by atoms with van der Waals surface area (Å²) in [5.74, 6) is 0.282. The number of allylic oxidation sites excluding steroid dienone is 2. The van der Waals surface area contributed by atoms with Crippen molar-refractivity contribution in [2.45, 2.75) is 72.3 Å². The van der Waals surface area contributed by atoms with Crippen molar-refractivity contribution >= 4 is 11.8 Å². The summed E-state index contributed by atoms with van der Waals surface area (Å²) in [5.41, 5.74) is 1.03. The van der Waals surface area contributed by atoms with Gasteiger partial charge in [-0.1, -0.05) is 26.3 Å². The molecule has 0 aromatic rings. The van der Waals surface area contributed by atoms with Gasteiger partial charge in [0.25, 0.3) is 0 Å². The number of ketones is 1. The maximum Gasteiger partial charge on any atom is 0.306 e. The van der Waals surface area contributed by atoms with Gasteiger partial charge in [0.2, 0.25) is 0 Å². The molecule has 0 spiro atoms. The number of Topliss-reactive ketones (excluding diaryl/α,β-unsaturated/α-hetero) is 1. The van der Waals surface area contributed by atoms with Crippen LogP contribution < -0.4 is 0 Å². The van der Waals surface area contributed by atoms with Crippen LogP contribution in [0.25, 0.3) is 0 Å². The van der Waals surface area contributed by atoms with E-state index in [2.05, 4.69) is 6.92 Å². The van der Waals surface area contributed by atoms with Crippen LogP contribution in [0.4, 0.5) is 0 Å². The van der Waals surface area contributed by atoms with Gasteiger partial charge in [-0.25, -0.2) is 0 Å². The summed E-state index contributed by atoms with van der Waals surface area (Å²) in [5, 5.41) is 0. The molecule has 104 valence electrons. The molecular weight excluding hydrogens is 228 g/mol. The van der Waals surface area contributed by atoms with E-state index in [9.17, 15) is 9.59 Å². The van der Waals surface area contributed by atoms with Gasteiger partial charge in [0, 0.05) is 12.8 Å². The third kappa shape index (κ3) is 8.04. The van der Waals surface area contributed by atoms with Crippen molar-refractivity contribution in [3.63, 3.8) is 0 Å². The van der Waals surface area contributed by atoms with Crippen molar-refractivity contribution < 1.29 is 14.3 Å². The highest BCUT2D eigenvalue weighted by atomic mass is 16.5. The molecule has 0 radical (unpaired) electrons. The van der Waals surface area contributed by atoms with Gasteiger partial charge in [-0.15, -0.1) is 0 Å². The quantitative estimate of drug-likeness (QED) is 0.701. The van der Waals surface area contributed by atoms with Crippen molar-refractivity contribution in [3.05, 3.63) is 11.6 Å². The Bertz CT molecular complexity index is 290. The van der Waals surface area contributed by atoms with E-state index in [1.807, 2.05) is 26.8 Å². The average molecular weight is 254 g/mol. The second-order valence-corrected chi connectivity index (χ2v) is 4.69. The highest BCUT2D eigenvalue weighted by Gasteiger charge is 2.11. The molecule has 3 heteroatoms. The van der Waals surface area contributed by atoms with Crippen LogP contribution in [0.3, 0.4) is 0 Å². The Kier molecular flexibility index (Phi) is 9.25. The molecule has 0 heterocycles. The van der Waals surface area contributed by atoms with E-state index in [1.54, 1.807) is 0 Å². The predicted octanol–water partition coefficient (Wildman–Crippen LogP) is 3.81. The molecule has 18 heavy (non-hydrogen) atoms. The molecule has 0 bridgehead atoms. The molecule has 0 saturated carbocycles. The third-order valence-electron chi connectivity index (χ3n) is 2.60. The zero-order valence-electron chi connectivity index (χ0n) is 12.1. The molecule has 0 aromatic carbocycles. The van der Waals surface area contributed by atoms with Crippen molar-refractivity contribution in [1.82, 2.24) is 0 Å². The fourth-order valence-electron chi connectivity index (χ4n) is 1.64. The fourth-order valence-corrected chi connectivity index (χ4v) is 1.64. The zero-order chi connectivity index (χ0) is 14.0. The molecule has 0 saturated heterocycles. The maximum absolute atomic E-state index is 10.8. The van der Waals surface area contributed by atoms with Gasteiger partial charge in [0.15, 0.2) is 5.78 Å². The van der Waals surface area contributed by atoms with Gasteiger partial charge in [-0.05, 0) is 38.7 Å². The SMILES string of the molecule is CCC1=CCCC1=O.CCCCC(=O)OC(C)C. The average Bonchev–Trinajstić information content (AvgIpc) is 2.72. The maximum atomic E-state index is 10.8. The molecule has 3 nitrogen and oxygen atoms in total. The molecule has 0 fully saturated rings. The molecule has 0 N–H and O–H groups in total. The van der Waals surface area contributed by atoms with Crippen LogP contribution >= 0.6 is 0 Å². The summed E-state index contributed by atoms with van der Waals surface area (Å²) in [7, 11) is 0. The van der Waals surface area contributed by atoms with Crippen LogP contribution in [0.1, 0.15) is 66.2 Å². The van der Waals surface area contributed by atoms with E-state index in [-0.39, 0.29) is 12.1 Å². The second-order valence-electron chi connectivity index (χ2n) is 4.69. The Balaban J connectivity index is 0.000000327. The Labute approximate surface area is 111 Å². The first-order valence-corrected chi connectivity index (χ1v) is 6.92. The van der Waals surface area contributed by atoms with Crippen molar-refractivity contribution in [1.29, 1.82) is 0 Å². The second kappa shape index (κ2) is 9.86. The summed E-state index contributed by atoms with van der Waals surface area (Å²) < 4.78 is 4.91. The van der Waals surface area contributed by atoms with Gasteiger partial charge in [0.1, 0.15) is 0 Å². The summed E-state index contributed by atoms with van der Waals surface area (Å²) in [6, 6.07) is 0. The minimum absolute atomic E-state index is 0.0318. The van der Waals surface area contributed by atoms with Crippen LogP contribution in [0.5, 0.6) is 0 Å². The monoisotopic (exact) mass is 254 g/mol. The number of hydrogen-bond donors (Lipinski definition) is 0. The van der Waals surface area contributed by atoms with Crippen molar-refractivity contribution in [2.75, 3.05) is 0 Å². The number of unbranched alkanes of at least 4 members (excludes halogenated alkanes) is 1. The molecule has 0 atom stereocenters. The van der Waals surface area contributed by atoms with E-state index in [4.69, 9.17) is 4.74 Å². The standard InChI is InChI=1S/C8H16O2.C7H10O/c1-4-5-6-8(9)10-7(2)3;1-2-6-4-3-5-7(6)8/h7H,4-6H2,1-3H3;4H,2-3,5H2,1H3. The number of esters is 1. The first kappa shape index (κ1) is 16.9. The Morgan fingerprint density at radius 1 is 1.39 bits per heavy atom. The van der Waals surface area contributed by atoms with E-state index >= 15 is 0 Å². The van der Waals surface area contributed by atoms with Crippen LogP contribution in [-0.2, 0) is 14.3 Å². The predicted molar refractivity (Wildman–Crippen MR) is 73.4 cm³/mol. The largest absolute Gasteiger partial charge is 0.463 e. The Morgan fingerprint density at radius 2 is 2.06 bits per heavy atom. The molecular formula is C15H26O3. The minimum Gasteiger partial charge on any atom is -0.463 e. The normalized spacial score (nSPS) is 14.1. The molecule has 0 aromatic heterocycles. The Morgan fingerprint density at radius 3 is 2.39 bits per heavy atom. The molecule has 0 unspecified atom stereocenters. The smallest absolute Gasteiger partial charge is 0.306 e. The van der Waals surface area contributed by atoms with E-state index in [1.165, 1.54) is 0 Å². The number of ether oxygens (including phenoxy) is 1. The van der Waals surface area contributed by atoms with E-state index < -0.39 is 0 Å². The molecule has 0 aliphatic heterocycles. The molecule has 1 aliphatic carbocycles. The van der Waals surface area contributed by atoms with Crippen LogP contribution in [0.15, 0.2) is 11.6 Å².